The first-order chi connectivity index (χ1) is 7.20. The lowest BCUT2D eigenvalue weighted by molar-refractivity contribution is -0.142. The molecule has 1 saturated heterocycles. The van der Waals surface area contributed by atoms with Crippen molar-refractivity contribution in [3.63, 3.8) is 0 Å². The summed E-state index contributed by atoms with van der Waals surface area (Å²) >= 11 is 0. The van der Waals surface area contributed by atoms with Gasteiger partial charge in [0.15, 0.2) is 12.2 Å². The van der Waals surface area contributed by atoms with Crippen molar-refractivity contribution in [3.05, 3.63) is 0 Å². The summed E-state index contributed by atoms with van der Waals surface area (Å²) in [6, 6.07) is 0. The maximum Gasteiger partial charge on any atom is 0.338 e. The van der Waals surface area contributed by atoms with E-state index in [0.717, 1.165) is 19.3 Å². The average Bonchev–Trinajstić information content (AvgIpc) is 3.03. The van der Waals surface area contributed by atoms with E-state index >= 15 is 0 Å². The van der Waals surface area contributed by atoms with Gasteiger partial charge in [-0.05, 0) is 6.42 Å². The number of rotatable bonds is 6. The van der Waals surface area contributed by atoms with E-state index in [1.807, 2.05) is 0 Å². The molecule has 1 aliphatic heterocycles. The van der Waals surface area contributed by atoms with Gasteiger partial charge < -0.3 is 14.8 Å². The minimum absolute atomic E-state index is 0.221. The van der Waals surface area contributed by atoms with Crippen LogP contribution in [0.2, 0.25) is 0 Å². The van der Waals surface area contributed by atoms with Crippen LogP contribution in [0.15, 0.2) is 0 Å². The Morgan fingerprint density at radius 3 is 2.67 bits per heavy atom. The zero-order valence-corrected chi connectivity index (χ0v) is 9.12. The SMILES string of the molecule is CCCCCNC(=O)C1OC1C(=O)OC. The molecule has 5 heteroatoms. The Morgan fingerprint density at radius 1 is 1.33 bits per heavy atom. The number of nitrogens with one attached hydrogen (secondary N) is 1. The van der Waals surface area contributed by atoms with E-state index in [0.29, 0.717) is 6.54 Å². The minimum atomic E-state index is -0.693. The number of hydrogen-bond acceptors (Lipinski definition) is 4. The zero-order valence-electron chi connectivity index (χ0n) is 9.12. The van der Waals surface area contributed by atoms with Crippen LogP contribution in [-0.4, -0.2) is 37.7 Å². The van der Waals surface area contributed by atoms with E-state index in [1.165, 1.54) is 7.11 Å². The molecule has 5 nitrogen and oxygen atoms in total. The Balaban J connectivity index is 2.12. The maximum absolute atomic E-state index is 11.4. The molecule has 0 aromatic carbocycles. The van der Waals surface area contributed by atoms with E-state index in [4.69, 9.17) is 4.74 Å². The number of carbonyl (C=O) groups excluding carboxylic acids is 2. The molecule has 2 unspecified atom stereocenters. The van der Waals surface area contributed by atoms with Crippen LogP contribution < -0.4 is 5.32 Å². The van der Waals surface area contributed by atoms with Crippen LogP contribution in [0.25, 0.3) is 0 Å². The van der Waals surface area contributed by atoms with Crippen LogP contribution in [0.3, 0.4) is 0 Å². The summed E-state index contributed by atoms with van der Waals surface area (Å²) in [4.78, 5) is 22.3. The van der Waals surface area contributed by atoms with E-state index in [9.17, 15) is 9.59 Å². The lowest BCUT2D eigenvalue weighted by atomic mass is 10.2. The van der Waals surface area contributed by atoms with Crippen molar-refractivity contribution >= 4 is 11.9 Å². The largest absolute Gasteiger partial charge is 0.467 e. The predicted molar refractivity (Wildman–Crippen MR) is 53.2 cm³/mol. The molecule has 1 N–H and O–H groups in total. The Kier molecular flexibility index (Phi) is 4.55. The fourth-order valence-electron chi connectivity index (χ4n) is 1.29. The highest BCUT2D eigenvalue weighted by atomic mass is 16.6. The summed E-state index contributed by atoms with van der Waals surface area (Å²) in [5.41, 5.74) is 0. The van der Waals surface area contributed by atoms with Crippen molar-refractivity contribution in [1.29, 1.82) is 0 Å². The average molecular weight is 215 g/mol. The van der Waals surface area contributed by atoms with E-state index in [1.54, 1.807) is 0 Å². The second-order valence-corrected chi connectivity index (χ2v) is 3.50. The van der Waals surface area contributed by atoms with Gasteiger partial charge in [0, 0.05) is 6.54 Å². The third kappa shape index (κ3) is 3.51. The standard InChI is InChI=1S/C10H17NO4/c1-3-4-5-6-11-9(12)7-8(15-7)10(13)14-2/h7-8H,3-6H2,1-2H3,(H,11,12). The molecule has 1 aliphatic rings. The number of unbranched alkanes of at least 4 members (excludes halogenated alkanes) is 2. The fraction of sp³-hybridized carbons (Fsp3) is 0.800. The lowest BCUT2D eigenvalue weighted by Crippen LogP contribution is -2.31. The third-order valence-electron chi connectivity index (χ3n) is 2.26. The molecule has 0 aliphatic carbocycles. The second kappa shape index (κ2) is 5.70. The van der Waals surface area contributed by atoms with Gasteiger partial charge in [0.05, 0.1) is 7.11 Å². The monoisotopic (exact) mass is 215 g/mol. The summed E-state index contributed by atoms with van der Waals surface area (Å²) < 4.78 is 9.36. The highest BCUT2D eigenvalue weighted by Crippen LogP contribution is 2.23. The van der Waals surface area contributed by atoms with Crippen LogP contribution >= 0.6 is 0 Å². The van der Waals surface area contributed by atoms with Gasteiger partial charge in [0.2, 0.25) is 0 Å². The van der Waals surface area contributed by atoms with Gasteiger partial charge in [0.25, 0.3) is 5.91 Å². The van der Waals surface area contributed by atoms with Crippen LogP contribution in [-0.2, 0) is 19.1 Å². The molecule has 0 spiro atoms. The molecule has 1 rings (SSSR count). The first-order valence-electron chi connectivity index (χ1n) is 5.21. The van der Waals surface area contributed by atoms with Gasteiger partial charge >= 0.3 is 5.97 Å². The topological polar surface area (TPSA) is 67.9 Å². The van der Waals surface area contributed by atoms with Gasteiger partial charge in [-0.25, -0.2) is 4.79 Å². The third-order valence-corrected chi connectivity index (χ3v) is 2.26. The molecule has 1 heterocycles. The van der Waals surface area contributed by atoms with Crippen molar-refractivity contribution in [2.75, 3.05) is 13.7 Å². The van der Waals surface area contributed by atoms with Gasteiger partial charge in [-0.2, -0.15) is 0 Å². The Morgan fingerprint density at radius 2 is 2.07 bits per heavy atom. The molecule has 2 atom stereocenters. The summed E-state index contributed by atoms with van der Waals surface area (Å²) in [5, 5.41) is 2.72. The maximum atomic E-state index is 11.4. The number of esters is 1. The predicted octanol–water partition coefficient (Wildman–Crippen LogP) is 0.233. The van der Waals surface area contributed by atoms with Crippen molar-refractivity contribution in [2.24, 2.45) is 0 Å². The summed E-state index contributed by atoms with van der Waals surface area (Å²) in [6.07, 6.45) is 1.82. The van der Waals surface area contributed by atoms with Crippen LogP contribution in [0.4, 0.5) is 0 Å². The van der Waals surface area contributed by atoms with E-state index < -0.39 is 18.2 Å². The number of ether oxygens (including phenoxy) is 2. The number of hydrogen-bond donors (Lipinski definition) is 1. The fourth-order valence-corrected chi connectivity index (χ4v) is 1.29. The molecule has 86 valence electrons. The molecular formula is C10H17NO4. The lowest BCUT2D eigenvalue weighted by Gasteiger charge is -2.01. The summed E-state index contributed by atoms with van der Waals surface area (Å²) in [6.45, 7) is 2.74. The molecule has 0 saturated carbocycles. The molecule has 15 heavy (non-hydrogen) atoms. The Bertz CT molecular complexity index is 242. The van der Waals surface area contributed by atoms with Crippen LogP contribution in [0, 0.1) is 0 Å². The summed E-state index contributed by atoms with van der Waals surface area (Å²) in [7, 11) is 1.28. The van der Waals surface area contributed by atoms with Gasteiger partial charge in [-0.3, -0.25) is 4.79 Å². The molecule has 0 aromatic rings. The van der Waals surface area contributed by atoms with Crippen molar-refractivity contribution in [1.82, 2.24) is 5.32 Å². The molecule has 1 fully saturated rings. The quantitative estimate of drug-likeness (QED) is 0.391. The number of epoxide rings is 1. The molecule has 1 amide bonds. The molecule has 0 aromatic heterocycles. The Labute approximate surface area is 89.1 Å². The zero-order chi connectivity index (χ0) is 11.3. The van der Waals surface area contributed by atoms with Gasteiger partial charge in [-0.1, -0.05) is 19.8 Å². The normalized spacial score (nSPS) is 23.3. The molecular weight excluding hydrogens is 198 g/mol. The highest BCUT2D eigenvalue weighted by Gasteiger charge is 2.51. The van der Waals surface area contributed by atoms with Crippen LogP contribution in [0.5, 0.6) is 0 Å². The van der Waals surface area contributed by atoms with Crippen molar-refractivity contribution in [3.8, 4) is 0 Å². The van der Waals surface area contributed by atoms with Gasteiger partial charge in [-0.15, -0.1) is 0 Å². The number of methoxy groups -OCH3 is 1. The smallest absolute Gasteiger partial charge is 0.338 e. The molecule has 0 bridgehead atoms. The second-order valence-electron chi connectivity index (χ2n) is 3.50. The van der Waals surface area contributed by atoms with E-state index in [2.05, 4.69) is 17.0 Å². The van der Waals surface area contributed by atoms with Crippen molar-refractivity contribution < 1.29 is 19.1 Å². The number of carbonyl (C=O) groups is 2. The number of amides is 1. The van der Waals surface area contributed by atoms with Crippen LogP contribution in [0.1, 0.15) is 26.2 Å². The Hall–Kier alpha value is -1.10. The van der Waals surface area contributed by atoms with E-state index in [-0.39, 0.29) is 5.91 Å². The molecule has 0 radical (unpaired) electrons. The first kappa shape index (κ1) is 12.0. The highest BCUT2D eigenvalue weighted by molar-refractivity contribution is 5.92. The minimum Gasteiger partial charge on any atom is -0.467 e. The van der Waals surface area contributed by atoms with Crippen molar-refractivity contribution in [2.45, 2.75) is 38.4 Å². The summed E-state index contributed by atoms with van der Waals surface area (Å²) in [5.74, 6) is -0.704. The first-order valence-corrected chi connectivity index (χ1v) is 5.21. The van der Waals surface area contributed by atoms with Gasteiger partial charge in [0.1, 0.15) is 0 Å².